The highest BCUT2D eigenvalue weighted by Crippen LogP contribution is 2.68. The van der Waals surface area contributed by atoms with Crippen molar-refractivity contribution in [3.05, 3.63) is 42.0 Å². The van der Waals surface area contributed by atoms with Crippen molar-refractivity contribution in [2.45, 2.75) is 83.3 Å². The maximum Gasteiger partial charge on any atom is 0.0887 e. The molecule has 1 aromatic carbocycles. The molecule has 0 aromatic heterocycles. The lowest BCUT2D eigenvalue weighted by atomic mass is 9.44. The summed E-state index contributed by atoms with van der Waals surface area (Å²) >= 11 is 0. The second kappa shape index (κ2) is 6.95. The van der Waals surface area contributed by atoms with Crippen LogP contribution < -0.4 is 0 Å². The fourth-order valence-electron chi connectivity index (χ4n) is 8.36. The van der Waals surface area contributed by atoms with Gasteiger partial charge in [0, 0.05) is 5.41 Å². The van der Waals surface area contributed by atoms with Crippen LogP contribution in [-0.2, 0) is 0 Å². The van der Waals surface area contributed by atoms with E-state index in [4.69, 9.17) is 0 Å². The molecule has 5 rings (SSSR count). The first-order chi connectivity index (χ1) is 13.9. The van der Waals surface area contributed by atoms with Crippen LogP contribution in [0.3, 0.4) is 0 Å². The average Bonchev–Trinajstić information content (AvgIpc) is 2.99. The van der Waals surface area contributed by atoms with Crippen molar-refractivity contribution in [3.8, 4) is 0 Å². The van der Waals surface area contributed by atoms with Crippen LogP contribution in [0.1, 0.15) is 77.2 Å². The lowest BCUT2D eigenvalue weighted by molar-refractivity contribution is -0.146. The minimum atomic E-state index is -0.682. The van der Waals surface area contributed by atoms with Crippen molar-refractivity contribution in [3.63, 3.8) is 0 Å². The van der Waals surface area contributed by atoms with Crippen LogP contribution in [0.25, 0.3) is 6.08 Å². The van der Waals surface area contributed by atoms with Crippen molar-refractivity contribution in [2.75, 3.05) is 0 Å². The molecule has 29 heavy (non-hydrogen) atoms. The zero-order valence-corrected chi connectivity index (χ0v) is 18.2. The number of hydrogen-bond acceptors (Lipinski definition) is 2. The second-order valence-corrected chi connectivity index (χ2v) is 11.2. The van der Waals surface area contributed by atoms with Gasteiger partial charge in [0.1, 0.15) is 0 Å². The third kappa shape index (κ3) is 2.97. The predicted molar refractivity (Wildman–Crippen MR) is 118 cm³/mol. The molecule has 2 heteroatoms. The molecule has 0 radical (unpaired) electrons. The third-order valence-corrected chi connectivity index (χ3v) is 10.2. The average molecular weight is 395 g/mol. The summed E-state index contributed by atoms with van der Waals surface area (Å²) in [6.07, 6.45) is 14.4. The smallest absolute Gasteiger partial charge is 0.0887 e. The highest BCUT2D eigenvalue weighted by Gasteiger charge is 2.63. The molecule has 0 heterocycles. The monoisotopic (exact) mass is 394 g/mol. The number of benzene rings is 1. The molecule has 4 aliphatic rings. The van der Waals surface area contributed by atoms with Crippen LogP contribution in [0.4, 0.5) is 0 Å². The summed E-state index contributed by atoms with van der Waals surface area (Å²) in [4.78, 5) is 0. The molecule has 1 aromatic rings. The predicted octanol–water partition coefficient (Wildman–Crippen LogP) is 5.83. The van der Waals surface area contributed by atoms with Gasteiger partial charge in [0.2, 0.25) is 0 Å². The van der Waals surface area contributed by atoms with Gasteiger partial charge in [0.25, 0.3) is 0 Å². The highest BCUT2D eigenvalue weighted by atomic mass is 16.3. The summed E-state index contributed by atoms with van der Waals surface area (Å²) in [5, 5.41) is 22.0. The van der Waals surface area contributed by atoms with Crippen LogP contribution >= 0.6 is 0 Å². The second-order valence-electron chi connectivity index (χ2n) is 11.2. The SMILES string of the molecule is C[C@]12CC[C@H](O)C[C@H]1CC[C@@H]1[C@@H]2CC[C@@]2(C)[C@H]1CC[C@@]2(O)/C=C/c1ccccc1. The van der Waals surface area contributed by atoms with Crippen LogP contribution in [-0.4, -0.2) is 21.9 Å². The summed E-state index contributed by atoms with van der Waals surface area (Å²) in [7, 11) is 0. The van der Waals surface area contributed by atoms with Crippen LogP contribution in [0, 0.1) is 34.5 Å². The maximum absolute atomic E-state index is 11.8. The molecule has 0 bridgehead atoms. The Kier molecular flexibility index (Phi) is 4.75. The summed E-state index contributed by atoms with van der Waals surface area (Å²) in [6, 6.07) is 10.4. The molecule has 0 saturated heterocycles. The van der Waals surface area contributed by atoms with Gasteiger partial charge in [-0.25, -0.2) is 0 Å². The van der Waals surface area contributed by atoms with E-state index in [9.17, 15) is 10.2 Å². The molecule has 0 amide bonds. The van der Waals surface area contributed by atoms with E-state index in [-0.39, 0.29) is 11.5 Å². The molecular formula is C27H38O2. The van der Waals surface area contributed by atoms with Gasteiger partial charge in [-0.1, -0.05) is 56.3 Å². The number of hydrogen-bond donors (Lipinski definition) is 2. The Morgan fingerprint density at radius 3 is 2.45 bits per heavy atom. The van der Waals surface area contributed by atoms with Crippen molar-refractivity contribution in [1.29, 1.82) is 0 Å². The number of aliphatic hydroxyl groups excluding tert-OH is 1. The van der Waals surface area contributed by atoms with E-state index >= 15 is 0 Å². The Morgan fingerprint density at radius 1 is 0.897 bits per heavy atom. The van der Waals surface area contributed by atoms with E-state index in [0.717, 1.165) is 43.9 Å². The minimum Gasteiger partial charge on any atom is -0.393 e. The normalized spacial score (nSPS) is 49.4. The van der Waals surface area contributed by atoms with E-state index < -0.39 is 5.60 Å². The Labute approximate surface area is 176 Å². The Balaban J connectivity index is 1.40. The lowest BCUT2D eigenvalue weighted by Crippen LogP contribution is -2.56. The van der Waals surface area contributed by atoms with Gasteiger partial charge in [-0.15, -0.1) is 0 Å². The first kappa shape index (κ1) is 19.8. The van der Waals surface area contributed by atoms with Gasteiger partial charge < -0.3 is 10.2 Å². The molecule has 8 atom stereocenters. The van der Waals surface area contributed by atoms with E-state index in [2.05, 4.69) is 50.3 Å². The van der Waals surface area contributed by atoms with Crippen LogP contribution in [0.5, 0.6) is 0 Å². The van der Waals surface area contributed by atoms with E-state index in [1.165, 1.54) is 31.2 Å². The fourth-order valence-corrected chi connectivity index (χ4v) is 8.36. The number of rotatable bonds is 2. The van der Waals surface area contributed by atoms with E-state index in [1.807, 2.05) is 6.07 Å². The molecule has 0 aliphatic heterocycles. The first-order valence-electron chi connectivity index (χ1n) is 12.0. The third-order valence-electron chi connectivity index (χ3n) is 10.2. The van der Waals surface area contributed by atoms with Gasteiger partial charge in [0.05, 0.1) is 11.7 Å². The van der Waals surface area contributed by atoms with Crippen molar-refractivity contribution in [2.24, 2.45) is 34.5 Å². The topological polar surface area (TPSA) is 40.5 Å². The van der Waals surface area contributed by atoms with Gasteiger partial charge in [0.15, 0.2) is 0 Å². The molecule has 2 nitrogen and oxygen atoms in total. The molecule has 4 fully saturated rings. The van der Waals surface area contributed by atoms with Gasteiger partial charge in [-0.2, -0.15) is 0 Å². The standard InChI is InChI=1S/C27H38O2/c1-25-14-11-21(28)18-20(25)8-9-22-23(25)12-15-26(2)24(22)13-17-27(26,29)16-10-19-6-4-3-5-7-19/h3-7,10,16,20-24,28-29H,8-9,11-15,17-18H2,1-2H3/b16-10+/t20-,21+,22-,23+,24+,25+,26+,27+/m1/s1. The Morgan fingerprint density at radius 2 is 1.66 bits per heavy atom. The quantitative estimate of drug-likeness (QED) is 0.662. The van der Waals surface area contributed by atoms with E-state index in [0.29, 0.717) is 17.3 Å². The van der Waals surface area contributed by atoms with Crippen molar-refractivity contribution >= 4 is 6.08 Å². The Hall–Kier alpha value is -1.12. The van der Waals surface area contributed by atoms with Crippen LogP contribution in [0.15, 0.2) is 36.4 Å². The molecule has 0 unspecified atom stereocenters. The van der Waals surface area contributed by atoms with E-state index in [1.54, 1.807) is 0 Å². The molecule has 0 spiro atoms. The Bertz CT molecular complexity index is 772. The first-order valence-corrected chi connectivity index (χ1v) is 12.0. The summed E-state index contributed by atoms with van der Waals surface area (Å²) in [5.41, 5.74) is 0.898. The van der Waals surface area contributed by atoms with Crippen LogP contribution in [0.2, 0.25) is 0 Å². The minimum absolute atomic E-state index is 0.00315. The zero-order valence-electron chi connectivity index (χ0n) is 18.2. The lowest BCUT2D eigenvalue weighted by Gasteiger charge is -2.61. The van der Waals surface area contributed by atoms with Gasteiger partial charge in [-0.3, -0.25) is 0 Å². The molecule has 2 N–H and O–H groups in total. The largest absolute Gasteiger partial charge is 0.393 e. The summed E-state index contributed by atoms with van der Waals surface area (Å²) in [5.74, 6) is 2.88. The maximum atomic E-state index is 11.8. The number of aliphatic hydroxyl groups is 2. The fraction of sp³-hybridized carbons (Fsp3) is 0.704. The summed E-state index contributed by atoms with van der Waals surface area (Å²) in [6.45, 7) is 4.93. The molecule has 4 aliphatic carbocycles. The van der Waals surface area contributed by atoms with Crippen molar-refractivity contribution in [1.82, 2.24) is 0 Å². The number of fused-ring (bicyclic) bond motifs is 5. The molecule has 158 valence electrons. The zero-order chi connectivity index (χ0) is 20.3. The van der Waals surface area contributed by atoms with Gasteiger partial charge >= 0.3 is 0 Å². The van der Waals surface area contributed by atoms with Crippen molar-refractivity contribution < 1.29 is 10.2 Å². The molecule has 4 saturated carbocycles. The highest BCUT2D eigenvalue weighted by molar-refractivity contribution is 5.51. The molecular weight excluding hydrogens is 356 g/mol. The van der Waals surface area contributed by atoms with Gasteiger partial charge in [-0.05, 0) is 92.4 Å². The summed E-state index contributed by atoms with van der Waals surface area (Å²) < 4.78 is 0.